The van der Waals surface area contributed by atoms with Crippen molar-refractivity contribution in [1.82, 2.24) is 15.1 Å². The van der Waals surface area contributed by atoms with E-state index in [9.17, 15) is 27.6 Å². The van der Waals surface area contributed by atoms with Crippen molar-refractivity contribution < 1.29 is 27.6 Å². The van der Waals surface area contributed by atoms with Gasteiger partial charge in [0.15, 0.2) is 0 Å². The Hall–Kier alpha value is -2.82. The Labute approximate surface area is 136 Å². The van der Waals surface area contributed by atoms with Gasteiger partial charge in [0.2, 0.25) is 16.0 Å². The van der Waals surface area contributed by atoms with Crippen LogP contribution in [0.1, 0.15) is 25.7 Å². The molecule has 2 heterocycles. The van der Waals surface area contributed by atoms with Gasteiger partial charge in [0.1, 0.15) is 6.54 Å². The van der Waals surface area contributed by atoms with E-state index in [4.69, 9.17) is 0 Å². The quantitative estimate of drug-likeness (QED) is 0.847. The first-order chi connectivity index (χ1) is 11.3. The summed E-state index contributed by atoms with van der Waals surface area (Å²) in [4.78, 5) is 36.7. The number of hydrogen-bond donors (Lipinski definition) is 1. The Balaban J connectivity index is 1.69. The maximum atomic E-state index is 12.4. The average molecular weight is 356 g/mol. The molecule has 0 unspecified atom stereocenters. The minimum absolute atomic E-state index is 0.147. The highest BCUT2D eigenvalue weighted by molar-refractivity contribution is 7.15. The molecule has 24 heavy (non-hydrogen) atoms. The molecule has 0 atom stereocenters. The lowest BCUT2D eigenvalue weighted by Gasteiger charge is -2.12. The second-order valence-corrected chi connectivity index (χ2v) is 5.68. The van der Waals surface area contributed by atoms with Crippen LogP contribution in [-0.2, 0) is 11.0 Å². The molecule has 0 aliphatic carbocycles. The summed E-state index contributed by atoms with van der Waals surface area (Å²) < 4.78 is 37.3. The number of carbonyl (C=O) groups excluding carboxylic acids is 3. The molecule has 3 amide bonds. The van der Waals surface area contributed by atoms with Crippen molar-refractivity contribution in [3.63, 3.8) is 0 Å². The number of halogens is 3. The van der Waals surface area contributed by atoms with Gasteiger partial charge in [0.05, 0.1) is 11.1 Å². The third-order valence-electron chi connectivity index (χ3n) is 3.09. The Kier molecular flexibility index (Phi) is 3.79. The second-order valence-electron chi connectivity index (χ2n) is 4.70. The van der Waals surface area contributed by atoms with Crippen LogP contribution in [0.3, 0.4) is 0 Å². The molecule has 0 saturated heterocycles. The van der Waals surface area contributed by atoms with Crippen LogP contribution in [0, 0.1) is 0 Å². The predicted molar refractivity (Wildman–Crippen MR) is 75.3 cm³/mol. The number of hydrogen-bond acceptors (Lipinski definition) is 6. The molecule has 1 aromatic carbocycles. The van der Waals surface area contributed by atoms with E-state index in [0.29, 0.717) is 4.90 Å². The highest BCUT2D eigenvalue weighted by Gasteiger charge is 2.37. The van der Waals surface area contributed by atoms with Crippen molar-refractivity contribution >= 4 is 34.2 Å². The van der Waals surface area contributed by atoms with Crippen LogP contribution in [0.15, 0.2) is 24.3 Å². The number of benzene rings is 1. The number of imide groups is 1. The Morgan fingerprint density at radius 2 is 1.71 bits per heavy atom. The molecule has 0 bridgehead atoms. The number of nitrogens with one attached hydrogen (secondary N) is 1. The van der Waals surface area contributed by atoms with E-state index in [1.807, 2.05) is 0 Å². The highest BCUT2D eigenvalue weighted by Crippen LogP contribution is 2.33. The Morgan fingerprint density at radius 3 is 2.21 bits per heavy atom. The molecule has 1 N–H and O–H groups in total. The molecule has 124 valence electrons. The van der Waals surface area contributed by atoms with E-state index >= 15 is 0 Å². The number of rotatable bonds is 3. The van der Waals surface area contributed by atoms with Gasteiger partial charge in [-0.25, -0.2) is 0 Å². The number of carbonyl (C=O) groups is 3. The zero-order valence-electron chi connectivity index (χ0n) is 11.6. The summed E-state index contributed by atoms with van der Waals surface area (Å²) in [6.45, 7) is -0.632. The lowest BCUT2D eigenvalue weighted by Crippen LogP contribution is -2.37. The van der Waals surface area contributed by atoms with E-state index in [1.165, 1.54) is 12.1 Å². The Bertz CT molecular complexity index is 814. The van der Waals surface area contributed by atoms with Crippen molar-refractivity contribution in [3.05, 3.63) is 40.4 Å². The van der Waals surface area contributed by atoms with E-state index in [1.54, 1.807) is 12.1 Å². The summed E-state index contributed by atoms with van der Waals surface area (Å²) in [6.07, 6.45) is -4.66. The van der Waals surface area contributed by atoms with E-state index in [2.05, 4.69) is 15.5 Å². The van der Waals surface area contributed by atoms with Gasteiger partial charge in [-0.05, 0) is 12.1 Å². The summed E-state index contributed by atoms with van der Waals surface area (Å²) in [6, 6.07) is 6.06. The smallest absolute Gasteiger partial charge is 0.299 e. The van der Waals surface area contributed by atoms with Gasteiger partial charge < -0.3 is 0 Å². The molecule has 0 saturated carbocycles. The van der Waals surface area contributed by atoms with Crippen LogP contribution in [0.4, 0.5) is 18.3 Å². The number of anilines is 1. The lowest BCUT2D eigenvalue weighted by atomic mass is 10.1. The van der Waals surface area contributed by atoms with Crippen LogP contribution in [0.25, 0.3) is 0 Å². The van der Waals surface area contributed by atoms with Crippen LogP contribution >= 0.6 is 11.3 Å². The molecule has 2 aromatic rings. The monoisotopic (exact) mass is 356 g/mol. The maximum absolute atomic E-state index is 12.4. The van der Waals surface area contributed by atoms with Gasteiger partial charge >= 0.3 is 6.18 Å². The SMILES string of the molecule is O=C(CN1C(=O)c2ccccc2C1=O)Nc1nnc(C(F)(F)F)s1. The summed E-state index contributed by atoms with van der Waals surface area (Å²) in [5.41, 5.74) is 0.344. The lowest BCUT2D eigenvalue weighted by molar-refractivity contribution is -0.138. The van der Waals surface area contributed by atoms with Crippen molar-refractivity contribution in [3.8, 4) is 0 Å². The van der Waals surface area contributed by atoms with Gasteiger partial charge in [-0.1, -0.05) is 23.5 Å². The number of aromatic nitrogens is 2. The average Bonchev–Trinajstić information content (AvgIpc) is 3.07. The summed E-state index contributed by atoms with van der Waals surface area (Å²) in [5, 5.41) is 6.63. The number of amides is 3. The molecular formula is C13H7F3N4O3S. The maximum Gasteiger partial charge on any atom is 0.445 e. The zero-order valence-corrected chi connectivity index (χ0v) is 12.4. The van der Waals surface area contributed by atoms with Crippen LogP contribution < -0.4 is 5.32 Å². The first-order valence-electron chi connectivity index (χ1n) is 6.43. The molecule has 0 spiro atoms. The van der Waals surface area contributed by atoms with Crippen molar-refractivity contribution in [2.45, 2.75) is 6.18 Å². The van der Waals surface area contributed by atoms with Gasteiger partial charge in [0, 0.05) is 0 Å². The molecule has 3 rings (SSSR count). The first kappa shape index (κ1) is 16.1. The van der Waals surface area contributed by atoms with Gasteiger partial charge in [-0.2, -0.15) is 13.2 Å². The molecule has 1 aliphatic rings. The minimum atomic E-state index is -4.66. The molecule has 7 nitrogen and oxygen atoms in total. The normalized spacial score (nSPS) is 14.0. The molecule has 11 heteroatoms. The molecular weight excluding hydrogens is 349 g/mol. The van der Waals surface area contributed by atoms with E-state index < -0.39 is 35.5 Å². The van der Waals surface area contributed by atoms with Crippen LogP contribution in [0.2, 0.25) is 0 Å². The Morgan fingerprint density at radius 1 is 1.12 bits per heavy atom. The number of fused-ring (bicyclic) bond motifs is 1. The second kappa shape index (κ2) is 5.67. The number of nitrogens with zero attached hydrogens (tertiary/aromatic N) is 3. The minimum Gasteiger partial charge on any atom is -0.299 e. The standard InChI is InChI=1S/C13H7F3N4O3S/c14-13(15,16)11-18-19-12(24-11)17-8(21)5-20-9(22)6-3-1-2-4-7(6)10(20)23/h1-4H,5H2,(H,17,19,21). The molecule has 0 radical (unpaired) electrons. The molecule has 1 aliphatic heterocycles. The van der Waals surface area contributed by atoms with Crippen molar-refractivity contribution in [2.24, 2.45) is 0 Å². The van der Waals surface area contributed by atoms with Crippen molar-refractivity contribution in [1.29, 1.82) is 0 Å². The van der Waals surface area contributed by atoms with Crippen LogP contribution in [-0.4, -0.2) is 39.4 Å². The third kappa shape index (κ3) is 2.85. The third-order valence-corrected chi connectivity index (χ3v) is 3.98. The topological polar surface area (TPSA) is 92.3 Å². The summed E-state index contributed by atoms with van der Waals surface area (Å²) in [5.74, 6) is -2.13. The van der Waals surface area contributed by atoms with Crippen LogP contribution in [0.5, 0.6) is 0 Å². The fourth-order valence-electron chi connectivity index (χ4n) is 2.07. The summed E-state index contributed by atoms with van der Waals surface area (Å²) >= 11 is 0.147. The van der Waals surface area contributed by atoms with E-state index in [0.717, 1.165) is 0 Å². The molecule has 1 aromatic heterocycles. The summed E-state index contributed by atoms with van der Waals surface area (Å²) in [7, 11) is 0. The van der Waals surface area contributed by atoms with E-state index in [-0.39, 0.29) is 27.6 Å². The first-order valence-corrected chi connectivity index (χ1v) is 7.25. The number of alkyl halides is 3. The zero-order chi connectivity index (χ0) is 17.5. The van der Waals surface area contributed by atoms with Crippen molar-refractivity contribution in [2.75, 3.05) is 11.9 Å². The van der Waals surface area contributed by atoms with Gasteiger partial charge in [-0.3, -0.25) is 24.6 Å². The fourth-order valence-corrected chi connectivity index (χ4v) is 2.70. The fraction of sp³-hybridized carbons (Fsp3) is 0.154. The molecule has 0 fully saturated rings. The van der Waals surface area contributed by atoms with Gasteiger partial charge in [0.25, 0.3) is 11.8 Å². The highest BCUT2D eigenvalue weighted by atomic mass is 32.1. The predicted octanol–water partition coefficient (Wildman–Crippen LogP) is 1.79. The largest absolute Gasteiger partial charge is 0.445 e. The van der Waals surface area contributed by atoms with Gasteiger partial charge in [-0.15, -0.1) is 10.2 Å².